The van der Waals surface area contributed by atoms with Crippen LogP contribution in [-0.4, -0.2) is 10.7 Å². The van der Waals surface area contributed by atoms with Crippen LogP contribution in [0.1, 0.15) is 31.4 Å². The first-order valence-electron chi connectivity index (χ1n) is 29.6. The number of nitrogens with zero attached hydrogens (tertiary/aromatic N) is 4. The Morgan fingerprint density at radius 3 is 1.71 bits per heavy atom. The molecule has 0 unspecified atom stereocenters. The Bertz CT molecular complexity index is 5660. The maximum Gasteiger partial charge on any atom is 0.235 e. The first-order valence-corrected chi connectivity index (χ1v) is 29.6. The van der Waals surface area contributed by atoms with E-state index in [1.807, 2.05) is 6.07 Å². The first kappa shape index (κ1) is 48.5. The van der Waals surface area contributed by atoms with Crippen molar-refractivity contribution in [2.45, 2.75) is 25.7 Å². The van der Waals surface area contributed by atoms with Crippen LogP contribution in [0.15, 0.2) is 288 Å². The minimum Gasteiger partial charge on any atom is -0.455 e. The number of benzene rings is 11. The molecule has 11 aromatic carbocycles. The molecule has 86 heavy (non-hydrogen) atoms. The summed E-state index contributed by atoms with van der Waals surface area (Å²) in [4.78, 5) is 10.8. The van der Waals surface area contributed by atoms with E-state index in [0.29, 0.717) is 6.42 Å². The standard InChI is InChI=1S/C80H53N4O2/c1-80(2)67-34-14-15-35-69(67)82(51-22-6-3-7-23-51)72-45-63-61-42-49(54-30-20-32-59-57-28-12-18-38-75(57)85-78(54)59)40-41-56(61)62-46-73-74(84(53-26-10-5-11-27-53)71-37-17-16-36-70(71)83(73)52-24-8-4-9-25-52)47-64(62)65-43-50(48-81-77(65)66(63)44-68(72)80)55-31-21-33-60-58-29-13-19-39-76(58)86-79(55)60/h3-46,48H,47H2,1-2H3/q+1. The highest BCUT2D eigenvalue weighted by Crippen LogP contribution is 2.53. The number of allylic oxidation sites excluding steroid dienone is 2. The van der Waals surface area contributed by atoms with E-state index in [4.69, 9.17) is 13.8 Å². The maximum absolute atomic E-state index is 6.85. The third kappa shape index (κ3) is 7.07. The molecule has 5 heterocycles. The lowest BCUT2D eigenvalue weighted by Crippen LogP contribution is -2.38. The molecule has 0 radical (unpaired) electrons. The molecule has 0 atom stereocenters. The minimum atomic E-state index is -0.400. The predicted molar refractivity (Wildman–Crippen MR) is 351 cm³/mol. The lowest BCUT2D eigenvalue weighted by molar-refractivity contribution is 0.631. The third-order valence-corrected chi connectivity index (χ3v) is 18.5. The highest BCUT2D eigenvalue weighted by Gasteiger charge is 2.42. The van der Waals surface area contributed by atoms with Crippen molar-refractivity contribution in [3.05, 3.63) is 321 Å². The smallest absolute Gasteiger partial charge is 0.235 e. The van der Waals surface area contributed by atoms with Gasteiger partial charge in [-0.2, -0.15) is 4.58 Å². The molecular weight excluding hydrogens is 1050 g/mol. The van der Waals surface area contributed by atoms with Crippen molar-refractivity contribution in [1.29, 1.82) is 0 Å². The van der Waals surface area contributed by atoms with Gasteiger partial charge in [-0.25, -0.2) is 0 Å². The van der Waals surface area contributed by atoms with Crippen LogP contribution in [0.4, 0.5) is 39.8 Å². The van der Waals surface area contributed by atoms with Crippen LogP contribution in [0.2, 0.25) is 0 Å². The number of para-hydroxylation sites is 10. The van der Waals surface area contributed by atoms with Crippen molar-refractivity contribution in [3.8, 4) is 22.3 Å². The Labute approximate surface area is 495 Å². The Balaban J connectivity index is 1.06. The van der Waals surface area contributed by atoms with Crippen molar-refractivity contribution in [2.75, 3.05) is 9.80 Å². The van der Waals surface area contributed by atoms with E-state index in [1.54, 1.807) is 0 Å². The molecule has 0 saturated carbocycles. The van der Waals surface area contributed by atoms with E-state index in [0.717, 1.165) is 143 Å². The normalized spacial score (nSPS) is 14.6. The van der Waals surface area contributed by atoms with Crippen LogP contribution in [0.5, 0.6) is 0 Å². The summed E-state index contributed by atoms with van der Waals surface area (Å²) in [7, 11) is 0. The number of fused-ring (bicyclic) bond motifs is 14. The molecule has 18 rings (SSSR count). The third-order valence-electron chi connectivity index (χ3n) is 18.5. The second kappa shape index (κ2) is 18.5. The summed E-state index contributed by atoms with van der Waals surface area (Å²) in [5.74, 6) is 0. The number of aromatic nitrogens is 1. The molecular formula is C80H53N4O2+. The average molecular weight is 1100 g/mol. The second-order valence-corrected chi connectivity index (χ2v) is 23.5. The molecule has 3 aromatic heterocycles. The molecule has 0 bridgehead atoms. The van der Waals surface area contributed by atoms with E-state index < -0.39 is 5.41 Å². The van der Waals surface area contributed by atoms with Crippen molar-refractivity contribution in [1.82, 2.24) is 9.56 Å². The number of hydrogen-bond donors (Lipinski definition) is 0. The van der Waals surface area contributed by atoms with Crippen molar-refractivity contribution < 1.29 is 8.83 Å². The summed E-state index contributed by atoms with van der Waals surface area (Å²) in [5, 5.41) is 10.8. The van der Waals surface area contributed by atoms with Crippen LogP contribution in [-0.2, 0) is 5.41 Å². The fraction of sp³-hybridized carbons (Fsp3) is 0.0500. The van der Waals surface area contributed by atoms with Gasteiger partial charge in [0.1, 0.15) is 33.7 Å². The van der Waals surface area contributed by atoms with E-state index in [2.05, 4.69) is 295 Å². The van der Waals surface area contributed by atoms with Crippen LogP contribution >= 0.6 is 0 Å². The summed E-state index contributed by atoms with van der Waals surface area (Å²) in [6.45, 7) is 4.77. The van der Waals surface area contributed by atoms with E-state index in [-0.39, 0.29) is 0 Å². The van der Waals surface area contributed by atoms with E-state index in [9.17, 15) is 0 Å². The van der Waals surface area contributed by atoms with Gasteiger partial charge >= 0.3 is 0 Å². The van der Waals surface area contributed by atoms with E-state index >= 15 is 0 Å². The van der Waals surface area contributed by atoms with Gasteiger partial charge in [0, 0.05) is 89.9 Å². The summed E-state index contributed by atoms with van der Waals surface area (Å²) < 4.78 is 16.2. The predicted octanol–water partition coefficient (Wildman–Crippen LogP) is 18.6. The Morgan fingerprint density at radius 1 is 0.430 bits per heavy atom. The Kier molecular flexibility index (Phi) is 10.4. The van der Waals surface area contributed by atoms with Crippen LogP contribution in [0, 0.1) is 21.0 Å². The molecule has 2 aliphatic carbocycles. The maximum atomic E-state index is 6.85. The minimum absolute atomic E-state index is 0.400. The molecule has 6 heteroatoms. The van der Waals surface area contributed by atoms with Crippen LogP contribution in [0.25, 0.3) is 77.3 Å². The highest BCUT2D eigenvalue weighted by molar-refractivity contribution is 6.22. The Morgan fingerprint density at radius 2 is 1.00 bits per heavy atom. The first-order chi connectivity index (χ1) is 42.4. The van der Waals surface area contributed by atoms with Gasteiger partial charge in [0.25, 0.3) is 0 Å². The lowest BCUT2D eigenvalue weighted by Gasteiger charge is -2.42. The van der Waals surface area contributed by atoms with Gasteiger partial charge < -0.3 is 13.7 Å². The molecule has 404 valence electrons. The molecule has 4 aliphatic rings. The fourth-order valence-electron chi connectivity index (χ4n) is 14.6. The summed E-state index contributed by atoms with van der Waals surface area (Å²) in [6, 6.07) is 94.7. The summed E-state index contributed by atoms with van der Waals surface area (Å²) in [5.41, 5.74) is 22.0. The van der Waals surface area contributed by atoms with Gasteiger partial charge in [0.05, 0.1) is 23.1 Å². The summed E-state index contributed by atoms with van der Waals surface area (Å²) in [6.07, 6.45) is 5.16. The number of hydrogen-bond acceptors (Lipinski definition) is 5. The fourth-order valence-corrected chi connectivity index (χ4v) is 14.6. The number of pyridine rings is 1. The zero-order valence-corrected chi connectivity index (χ0v) is 47.3. The van der Waals surface area contributed by atoms with Gasteiger partial charge in [0.15, 0.2) is 0 Å². The number of anilines is 5. The molecule has 0 saturated heterocycles. The quantitative estimate of drug-likeness (QED) is 0.161. The summed E-state index contributed by atoms with van der Waals surface area (Å²) >= 11 is 0. The molecule has 0 N–H and O–H groups in total. The zero-order chi connectivity index (χ0) is 56.8. The number of furan rings is 2. The molecule has 0 fully saturated rings. The zero-order valence-electron chi connectivity index (χ0n) is 47.3. The molecule has 14 aromatic rings. The van der Waals surface area contributed by atoms with Crippen LogP contribution < -0.4 is 24.8 Å². The van der Waals surface area contributed by atoms with Crippen molar-refractivity contribution in [2.24, 2.45) is 0 Å². The second-order valence-electron chi connectivity index (χ2n) is 23.5. The number of rotatable bonds is 5. The van der Waals surface area contributed by atoms with Gasteiger partial charge in [-0.15, -0.1) is 0 Å². The monoisotopic (exact) mass is 1100 g/mol. The SMILES string of the molecule is CC1(C)c2ccccc2N(c2ccccc2)c2cc3c(cc21)=c1ncc(-c2cccc4c2oc2ccccc24)cc1=C1CC2=[N+](c4ccccc4)c4ccccc4N(c4ccccc4)C2=CC1=c1ccc(-c2cccc4c2oc2ccccc24)cc1=3. The molecule has 6 nitrogen and oxygen atoms in total. The van der Waals surface area contributed by atoms with Crippen LogP contribution in [0.3, 0.4) is 0 Å². The van der Waals surface area contributed by atoms with Gasteiger partial charge in [-0.3, -0.25) is 9.88 Å². The molecule has 0 spiro atoms. The average Bonchev–Trinajstić information content (AvgIpc) is 3.40. The Hall–Kier alpha value is -11.1. The molecule has 2 aliphatic heterocycles. The van der Waals surface area contributed by atoms with Gasteiger partial charge in [-0.1, -0.05) is 184 Å². The highest BCUT2D eigenvalue weighted by atomic mass is 16.3. The largest absolute Gasteiger partial charge is 0.455 e. The molecule has 0 amide bonds. The van der Waals surface area contributed by atoms with Gasteiger partial charge in [0.2, 0.25) is 17.1 Å². The lowest BCUT2D eigenvalue weighted by atomic mass is 9.73. The van der Waals surface area contributed by atoms with Crippen molar-refractivity contribution >= 4 is 101 Å². The van der Waals surface area contributed by atoms with E-state index in [1.165, 1.54) is 28.1 Å². The topological polar surface area (TPSA) is 48.7 Å². The van der Waals surface area contributed by atoms with Gasteiger partial charge in [-0.05, 0) is 122 Å². The van der Waals surface area contributed by atoms with Crippen molar-refractivity contribution in [3.63, 3.8) is 0 Å².